The summed E-state index contributed by atoms with van der Waals surface area (Å²) in [5.74, 6) is -0.874. The number of aryl methyl sites for hydroxylation is 1. The van der Waals surface area contributed by atoms with E-state index in [1.54, 1.807) is 61.5 Å². The van der Waals surface area contributed by atoms with Crippen molar-refractivity contribution in [2.75, 3.05) is 17.4 Å². The monoisotopic (exact) mass is 651 g/mol. The second-order valence-corrected chi connectivity index (χ2v) is 13.1. The molecular formula is C34H35Cl2N3O4S. The molecule has 44 heavy (non-hydrogen) atoms. The minimum absolute atomic E-state index is 0.0259. The number of hydrogen-bond donors (Lipinski definition) is 1. The lowest BCUT2D eigenvalue weighted by atomic mass is 10.0. The highest BCUT2D eigenvalue weighted by Crippen LogP contribution is 2.30. The Morgan fingerprint density at radius 1 is 0.818 bits per heavy atom. The van der Waals surface area contributed by atoms with Gasteiger partial charge >= 0.3 is 0 Å². The predicted molar refractivity (Wildman–Crippen MR) is 176 cm³/mol. The van der Waals surface area contributed by atoms with Crippen molar-refractivity contribution in [3.8, 4) is 0 Å². The van der Waals surface area contributed by atoms with Gasteiger partial charge < -0.3 is 10.2 Å². The van der Waals surface area contributed by atoms with Gasteiger partial charge in [0.15, 0.2) is 0 Å². The summed E-state index contributed by atoms with van der Waals surface area (Å²) < 4.78 is 29.3. The number of carbonyl (C=O) groups is 2. The Kier molecular flexibility index (Phi) is 11.4. The van der Waals surface area contributed by atoms with Crippen LogP contribution in [0.3, 0.4) is 0 Å². The van der Waals surface area contributed by atoms with E-state index >= 15 is 0 Å². The number of rotatable bonds is 13. The first-order valence-electron chi connectivity index (χ1n) is 14.3. The molecule has 0 fully saturated rings. The molecule has 0 aliphatic rings. The van der Waals surface area contributed by atoms with Gasteiger partial charge in [-0.1, -0.05) is 96.9 Å². The molecule has 2 amide bonds. The Labute approximate surface area is 269 Å². The molecule has 1 atom stereocenters. The second kappa shape index (κ2) is 15.2. The van der Waals surface area contributed by atoms with Crippen LogP contribution in [0.5, 0.6) is 0 Å². The average molecular weight is 653 g/mol. The van der Waals surface area contributed by atoms with E-state index in [1.807, 2.05) is 37.3 Å². The van der Waals surface area contributed by atoms with Crippen molar-refractivity contribution in [1.29, 1.82) is 0 Å². The van der Waals surface area contributed by atoms with Gasteiger partial charge in [-0.2, -0.15) is 0 Å². The molecule has 0 heterocycles. The van der Waals surface area contributed by atoms with Crippen molar-refractivity contribution >= 4 is 50.7 Å². The molecule has 0 saturated heterocycles. The Morgan fingerprint density at radius 3 is 2.07 bits per heavy atom. The molecule has 0 aliphatic heterocycles. The standard InChI is InChI=1S/C34H35Cl2N3O4S/c1-3-20-37-34(41)32(21-26-10-6-4-7-11-26)38(23-27-15-18-28(35)19-16-27)33(40)24-39(31-22-29(36)17-14-25(31)2)44(42,43)30-12-8-5-9-13-30/h4-19,22,32H,3,20-21,23-24H2,1-2H3,(H,37,41)/t32-/m1/s1. The van der Waals surface area contributed by atoms with Crippen LogP contribution in [-0.2, 0) is 32.6 Å². The van der Waals surface area contributed by atoms with Gasteiger partial charge in [0.1, 0.15) is 12.6 Å². The van der Waals surface area contributed by atoms with E-state index in [0.29, 0.717) is 28.6 Å². The van der Waals surface area contributed by atoms with Crippen LogP contribution in [0.1, 0.15) is 30.0 Å². The van der Waals surface area contributed by atoms with E-state index in [0.717, 1.165) is 15.4 Å². The lowest BCUT2D eigenvalue weighted by Crippen LogP contribution is -2.53. The van der Waals surface area contributed by atoms with Gasteiger partial charge in [0.05, 0.1) is 10.6 Å². The number of nitrogens with one attached hydrogen (secondary N) is 1. The molecule has 0 bridgehead atoms. The third kappa shape index (κ3) is 8.40. The van der Waals surface area contributed by atoms with Gasteiger partial charge in [0, 0.05) is 29.6 Å². The van der Waals surface area contributed by atoms with Crippen LogP contribution in [0.4, 0.5) is 5.69 Å². The van der Waals surface area contributed by atoms with Gasteiger partial charge in [-0.3, -0.25) is 13.9 Å². The summed E-state index contributed by atoms with van der Waals surface area (Å²) in [6.07, 6.45) is 0.948. The predicted octanol–water partition coefficient (Wildman–Crippen LogP) is 6.66. The Hall–Kier alpha value is -3.85. The van der Waals surface area contributed by atoms with Crippen LogP contribution in [0.15, 0.2) is 108 Å². The molecule has 4 aromatic rings. The van der Waals surface area contributed by atoms with E-state index in [1.165, 1.54) is 23.1 Å². The highest BCUT2D eigenvalue weighted by molar-refractivity contribution is 7.92. The number of sulfonamides is 1. The number of nitrogens with zero attached hydrogens (tertiary/aromatic N) is 2. The molecule has 10 heteroatoms. The number of hydrogen-bond acceptors (Lipinski definition) is 4. The molecule has 4 aromatic carbocycles. The normalized spacial score (nSPS) is 11.9. The molecule has 1 N–H and O–H groups in total. The van der Waals surface area contributed by atoms with E-state index in [-0.39, 0.29) is 29.5 Å². The van der Waals surface area contributed by atoms with Crippen molar-refractivity contribution < 1.29 is 18.0 Å². The second-order valence-electron chi connectivity index (χ2n) is 10.4. The Morgan fingerprint density at radius 2 is 1.43 bits per heavy atom. The van der Waals surface area contributed by atoms with Gasteiger partial charge in [0.2, 0.25) is 11.8 Å². The summed E-state index contributed by atoms with van der Waals surface area (Å²) in [5, 5.41) is 3.79. The van der Waals surface area contributed by atoms with Crippen molar-refractivity contribution in [3.63, 3.8) is 0 Å². The van der Waals surface area contributed by atoms with Gasteiger partial charge in [0.25, 0.3) is 10.0 Å². The van der Waals surface area contributed by atoms with Crippen LogP contribution in [0.2, 0.25) is 10.0 Å². The van der Waals surface area contributed by atoms with Crippen LogP contribution < -0.4 is 9.62 Å². The number of amides is 2. The molecule has 0 radical (unpaired) electrons. The number of carbonyl (C=O) groups excluding carboxylic acids is 2. The maximum atomic E-state index is 14.5. The lowest BCUT2D eigenvalue weighted by Gasteiger charge is -2.34. The molecule has 0 aliphatic carbocycles. The van der Waals surface area contributed by atoms with Crippen molar-refractivity contribution in [3.05, 3.63) is 130 Å². The average Bonchev–Trinajstić information content (AvgIpc) is 3.03. The van der Waals surface area contributed by atoms with Crippen LogP contribution >= 0.6 is 23.2 Å². The smallest absolute Gasteiger partial charge is 0.264 e. The zero-order chi connectivity index (χ0) is 31.7. The van der Waals surface area contributed by atoms with Crippen LogP contribution in [0, 0.1) is 6.92 Å². The van der Waals surface area contributed by atoms with E-state index < -0.39 is 28.5 Å². The Balaban J connectivity index is 1.81. The minimum atomic E-state index is -4.21. The fraction of sp³-hybridized carbons (Fsp3) is 0.235. The highest BCUT2D eigenvalue weighted by Gasteiger charge is 2.35. The van der Waals surface area contributed by atoms with Crippen LogP contribution in [-0.4, -0.2) is 44.3 Å². The number of anilines is 1. The molecule has 0 saturated carbocycles. The van der Waals surface area contributed by atoms with Crippen molar-refractivity contribution in [1.82, 2.24) is 10.2 Å². The fourth-order valence-corrected chi connectivity index (χ4v) is 6.57. The zero-order valence-corrected chi connectivity index (χ0v) is 26.9. The minimum Gasteiger partial charge on any atom is -0.354 e. The molecule has 7 nitrogen and oxygen atoms in total. The quantitative estimate of drug-likeness (QED) is 0.175. The summed E-state index contributed by atoms with van der Waals surface area (Å²) in [6, 6.07) is 28.3. The van der Waals surface area contributed by atoms with Gasteiger partial charge in [-0.05, 0) is 66.4 Å². The summed E-state index contributed by atoms with van der Waals surface area (Å²) >= 11 is 12.5. The zero-order valence-electron chi connectivity index (χ0n) is 24.6. The van der Waals surface area contributed by atoms with Crippen LogP contribution in [0.25, 0.3) is 0 Å². The number of benzene rings is 4. The highest BCUT2D eigenvalue weighted by atomic mass is 35.5. The Bertz CT molecular complexity index is 1670. The summed E-state index contributed by atoms with van der Waals surface area (Å²) in [6.45, 7) is 3.64. The topological polar surface area (TPSA) is 86.8 Å². The third-order valence-corrected chi connectivity index (χ3v) is 9.40. The summed E-state index contributed by atoms with van der Waals surface area (Å²) in [4.78, 5) is 29.6. The maximum absolute atomic E-state index is 14.5. The first-order valence-corrected chi connectivity index (χ1v) is 16.5. The maximum Gasteiger partial charge on any atom is 0.264 e. The van der Waals surface area contributed by atoms with Crippen molar-refractivity contribution in [2.24, 2.45) is 0 Å². The molecule has 4 rings (SSSR count). The number of halogens is 2. The van der Waals surface area contributed by atoms with E-state index in [2.05, 4.69) is 5.32 Å². The molecule has 230 valence electrons. The van der Waals surface area contributed by atoms with E-state index in [4.69, 9.17) is 23.2 Å². The molecule has 0 unspecified atom stereocenters. The van der Waals surface area contributed by atoms with E-state index in [9.17, 15) is 18.0 Å². The molecule has 0 spiro atoms. The molecular weight excluding hydrogens is 617 g/mol. The SMILES string of the molecule is CCCNC(=O)[C@@H](Cc1ccccc1)N(Cc1ccc(Cl)cc1)C(=O)CN(c1cc(Cl)ccc1C)S(=O)(=O)c1ccccc1. The lowest BCUT2D eigenvalue weighted by molar-refractivity contribution is -0.140. The first kappa shape index (κ1) is 33.1. The molecule has 0 aromatic heterocycles. The van der Waals surface area contributed by atoms with Crippen molar-refractivity contribution in [2.45, 2.75) is 44.2 Å². The summed E-state index contributed by atoms with van der Waals surface area (Å²) in [7, 11) is -4.21. The van der Waals surface area contributed by atoms with Gasteiger partial charge in [-0.25, -0.2) is 8.42 Å². The summed E-state index contributed by atoms with van der Waals surface area (Å²) in [5.41, 5.74) is 2.49. The fourth-order valence-electron chi connectivity index (χ4n) is 4.79. The largest absolute Gasteiger partial charge is 0.354 e. The third-order valence-electron chi connectivity index (χ3n) is 7.14. The van der Waals surface area contributed by atoms with Gasteiger partial charge in [-0.15, -0.1) is 0 Å². The first-order chi connectivity index (χ1) is 21.1.